The second-order valence-corrected chi connectivity index (χ2v) is 6.14. The fourth-order valence-electron chi connectivity index (χ4n) is 3.02. The van der Waals surface area contributed by atoms with Gasteiger partial charge in [-0.3, -0.25) is 9.59 Å². The highest BCUT2D eigenvalue weighted by Crippen LogP contribution is 2.35. The van der Waals surface area contributed by atoms with Gasteiger partial charge in [0.25, 0.3) is 0 Å². The zero-order valence-corrected chi connectivity index (χ0v) is 12.1. The summed E-state index contributed by atoms with van der Waals surface area (Å²) in [5, 5.41) is 12.5. The van der Waals surface area contributed by atoms with Gasteiger partial charge in [0.05, 0.1) is 5.60 Å². The number of para-hydroxylation sites is 1. The predicted molar refractivity (Wildman–Crippen MR) is 79.0 cm³/mol. The summed E-state index contributed by atoms with van der Waals surface area (Å²) in [5.41, 5.74) is 1.09. The Hall–Kier alpha value is -1.88. The molecule has 2 aliphatic rings. The Morgan fingerprint density at radius 2 is 2.10 bits per heavy atom. The Bertz CT molecular complexity index is 581. The van der Waals surface area contributed by atoms with Gasteiger partial charge in [-0.25, -0.2) is 0 Å². The molecule has 5 nitrogen and oxygen atoms in total. The summed E-state index contributed by atoms with van der Waals surface area (Å²) >= 11 is 0. The zero-order chi connectivity index (χ0) is 15.0. The minimum absolute atomic E-state index is 0.155. The normalized spacial score (nSPS) is 22.4. The molecule has 1 aliphatic heterocycles. The van der Waals surface area contributed by atoms with Crippen LogP contribution in [0.3, 0.4) is 0 Å². The smallest absolute Gasteiger partial charge is 0.316 e. The number of nitrogens with one attached hydrogen (secondary N) is 1. The largest absolute Gasteiger partial charge is 0.388 e. The van der Waals surface area contributed by atoms with Crippen LogP contribution in [-0.2, 0) is 9.59 Å². The molecule has 0 aromatic heterocycles. The zero-order valence-electron chi connectivity index (χ0n) is 12.1. The van der Waals surface area contributed by atoms with E-state index in [1.807, 2.05) is 31.2 Å². The van der Waals surface area contributed by atoms with Crippen molar-refractivity contribution in [2.24, 2.45) is 0 Å². The van der Waals surface area contributed by atoms with Crippen LogP contribution in [0.4, 0.5) is 5.69 Å². The summed E-state index contributed by atoms with van der Waals surface area (Å²) in [6, 6.07) is 7.66. The topological polar surface area (TPSA) is 69.6 Å². The minimum Gasteiger partial charge on any atom is -0.388 e. The third-order valence-electron chi connectivity index (χ3n) is 4.52. The number of hydrogen-bond acceptors (Lipinski definition) is 3. The van der Waals surface area contributed by atoms with Crippen LogP contribution in [0.15, 0.2) is 24.3 Å². The molecule has 1 unspecified atom stereocenters. The second kappa shape index (κ2) is 5.15. The summed E-state index contributed by atoms with van der Waals surface area (Å²) < 4.78 is 0. The number of anilines is 1. The van der Waals surface area contributed by atoms with Gasteiger partial charge in [0.2, 0.25) is 0 Å². The molecule has 21 heavy (non-hydrogen) atoms. The van der Waals surface area contributed by atoms with Crippen LogP contribution in [0.5, 0.6) is 0 Å². The number of rotatable bonds is 2. The lowest BCUT2D eigenvalue weighted by Crippen LogP contribution is -2.51. The Balaban J connectivity index is 1.67. The number of carbonyl (C=O) groups is 2. The van der Waals surface area contributed by atoms with Crippen molar-refractivity contribution in [2.75, 3.05) is 18.0 Å². The number of benzene rings is 1. The molecule has 1 atom stereocenters. The standard InChI is InChI=1S/C16H20N2O3/c1-11-9-18(13-6-3-2-5-12(11)13)15(20)14(19)17-10-16(21)7-4-8-16/h2-3,5-6,11,21H,4,7-10H2,1H3,(H,17,19). The molecule has 0 spiro atoms. The maximum atomic E-state index is 12.3. The predicted octanol–water partition coefficient (Wildman–Crippen LogP) is 1.17. The second-order valence-electron chi connectivity index (χ2n) is 6.14. The Morgan fingerprint density at radius 3 is 2.76 bits per heavy atom. The van der Waals surface area contributed by atoms with E-state index in [-0.39, 0.29) is 12.5 Å². The Labute approximate surface area is 123 Å². The third kappa shape index (κ3) is 2.53. The van der Waals surface area contributed by atoms with E-state index in [9.17, 15) is 14.7 Å². The molecule has 2 N–H and O–H groups in total. The van der Waals surface area contributed by atoms with Gasteiger partial charge in [0.1, 0.15) is 0 Å². The number of amides is 2. The first-order valence-electron chi connectivity index (χ1n) is 7.41. The molecule has 2 amide bonds. The molecule has 0 saturated heterocycles. The Morgan fingerprint density at radius 1 is 1.38 bits per heavy atom. The van der Waals surface area contributed by atoms with Crippen molar-refractivity contribution in [1.82, 2.24) is 5.32 Å². The molecule has 1 fully saturated rings. The van der Waals surface area contributed by atoms with Gasteiger partial charge in [0.15, 0.2) is 0 Å². The number of aliphatic hydroxyl groups is 1. The van der Waals surface area contributed by atoms with Crippen molar-refractivity contribution in [3.05, 3.63) is 29.8 Å². The van der Waals surface area contributed by atoms with Crippen LogP contribution in [0.2, 0.25) is 0 Å². The fourth-order valence-corrected chi connectivity index (χ4v) is 3.02. The van der Waals surface area contributed by atoms with Gasteiger partial charge >= 0.3 is 11.8 Å². The molecule has 1 saturated carbocycles. The summed E-state index contributed by atoms with van der Waals surface area (Å²) in [6.45, 7) is 2.72. The van der Waals surface area contributed by atoms with E-state index < -0.39 is 17.4 Å². The SMILES string of the molecule is CC1CN(C(=O)C(=O)NCC2(O)CCC2)c2ccccc21. The minimum atomic E-state index is -0.813. The van der Waals surface area contributed by atoms with Crippen LogP contribution >= 0.6 is 0 Å². The van der Waals surface area contributed by atoms with Gasteiger partial charge in [-0.2, -0.15) is 0 Å². The molecule has 0 radical (unpaired) electrons. The summed E-state index contributed by atoms with van der Waals surface area (Å²) in [7, 11) is 0. The van der Waals surface area contributed by atoms with Crippen molar-refractivity contribution in [2.45, 2.75) is 37.7 Å². The average molecular weight is 288 g/mol. The lowest BCUT2D eigenvalue weighted by Gasteiger charge is -2.36. The van der Waals surface area contributed by atoms with Crippen molar-refractivity contribution >= 4 is 17.5 Å². The van der Waals surface area contributed by atoms with Crippen LogP contribution < -0.4 is 10.2 Å². The van der Waals surface area contributed by atoms with Gasteiger partial charge < -0.3 is 15.3 Å². The maximum absolute atomic E-state index is 12.3. The van der Waals surface area contributed by atoms with Gasteiger partial charge in [-0.05, 0) is 30.9 Å². The number of fused-ring (bicyclic) bond motifs is 1. The van der Waals surface area contributed by atoms with E-state index >= 15 is 0 Å². The molecule has 1 aliphatic carbocycles. The molecule has 112 valence electrons. The van der Waals surface area contributed by atoms with Crippen LogP contribution in [0.25, 0.3) is 0 Å². The molecule has 5 heteroatoms. The number of nitrogens with zero attached hydrogens (tertiary/aromatic N) is 1. The van der Waals surface area contributed by atoms with Crippen molar-refractivity contribution in [1.29, 1.82) is 0 Å². The van der Waals surface area contributed by atoms with Gasteiger partial charge in [-0.15, -0.1) is 0 Å². The van der Waals surface area contributed by atoms with Crippen LogP contribution in [-0.4, -0.2) is 35.6 Å². The first-order chi connectivity index (χ1) is 10.0. The quantitative estimate of drug-likeness (QED) is 0.803. The van der Waals surface area contributed by atoms with E-state index in [4.69, 9.17) is 0 Å². The van der Waals surface area contributed by atoms with E-state index in [1.54, 1.807) is 0 Å². The molecule has 1 aromatic rings. The molecular formula is C16H20N2O3. The molecule has 0 bridgehead atoms. The van der Waals surface area contributed by atoms with E-state index in [2.05, 4.69) is 5.32 Å². The first kappa shape index (κ1) is 14.1. The highest BCUT2D eigenvalue weighted by molar-refractivity contribution is 6.40. The summed E-state index contributed by atoms with van der Waals surface area (Å²) in [6.07, 6.45) is 2.34. The summed E-state index contributed by atoms with van der Waals surface area (Å²) in [5.74, 6) is -0.956. The maximum Gasteiger partial charge on any atom is 0.316 e. The third-order valence-corrected chi connectivity index (χ3v) is 4.52. The molecular weight excluding hydrogens is 268 g/mol. The van der Waals surface area contributed by atoms with Crippen molar-refractivity contribution in [3.63, 3.8) is 0 Å². The van der Waals surface area contributed by atoms with E-state index in [0.717, 1.165) is 17.7 Å². The fraction of sp³-hybridized carbons (Fsp3) is 0.500. The van der Waals surface area contributed by atoms with E-state index in [1.165, 1.54) is 4.90 Å². The Kier molecular flexibility index (Phi) is 3.45. The van der Waals surface area contributed by atoms with Crippen molar-refractivity contribution < 1.29 is 14.7 Å². The van der Waals surface area contributed by atoms with Crippen LogP contribution in [0, 0.1) is 0 Å². The van der Waals surface area contributed by atoms with Crippen molar-refractivity contribution in [3.8, 4) is 0 Å². The average Bonchev–Trinajstić information content (AvgIpc) is 2.80. The van der Waals surface area contributed by atoms with Gasteiger partial charge in [-0.1, -0.05) is 25.1 Å². The first-order valence-corrected chi connectivity index (χ1v) is 7.41. The monoisotopic (exact) mass is 288 g/mol. The summed E-state index contributed by atoms with van der Waals surface area (Å²) in [4.78, 5) is 25.9. The molecule has 3 rings (SSSR count). The van der Waals surface area contributed by atoms with Gasteiger partial charge in [0, 0.05) is 24.7 Å². The van der Waals surface area contributed by atoms with E-state index in [0.29, 0.717) is 19.4 Å². The lowest BCUT2D eigenvalue weighted by molar-refractivity contribution is -0.138. The van der Waals surface area contributed by atoms with Crippen LogP contribution in [0.1, 0.15) is 37.7 Å². The lowest BCUT2D eigenvalue weighted by atomic mass is 9.80. The number of carbonyl (C=O) groups excluding carboxylic acids is 2. The number of hydrogen-bond donors (Lipinski definition) is 2. The molecule has 1 aromatic carbocycles. The molecule has 1 heterocycles. The highest BCUT2D eigenvalue weighted by Gasteiger charge is 2.37. The highest BCUT2D eigenvalue weighted by atomic mass is 16.3.